The Labute approximate surface area is 177 Å². The molecule has 0 aliphatic carbocycles. The number of rotatable bonds is 25. The molecule has 0 unspecified atom stereocenters. The number of nitrogens with one attached hydrogen (secondary N) is 2. The third-order valence-corrected chi connectivity index (χ3v) is 5.37. The minimum absolute atomic E-state index is 0.711. The van der Waals surface area contributed by atoms with Gasteiger partial charge in [0.05, 0.1) is 6.61 Å². The van der Waals surface area contributed by atoms with Gasteiger partial charge < -0.3 is 21.1 Å². The summed E-state index contributed by atoms with van der Waals surface area (Å²) in [6, 6.07) is 0. The standard InChI is InChI=1S/C24H53N3O/c1-2-3-4-5-6-7-8-9-10-11-12-13-14-15-16-17-23-28-24-22-27-21-20-26-19-18-25/h26-27H,2-25H2,1H3. The zero-order valence-corrected chi connectivity index (χ0v) is 19.2. The van der Waals surface area contributed by atoms with Gasteiger partial charge in [-0.15, -0.1) is 0 Å². The van der Waals surface area contributed by atoms with Crippen LogP contribution in [-0.2, 0) is 4.74 Å². The first kappa shape index (κ1) is 27.8. The van der Waals surface area contributed by atoms with Crippen LogP contribution in [0.3, 0.4) is 0 Å². The van der Waals surface area contributed by atoms with Crippen LogP contribution in [0, 0.1) is 0 Å². The lowest BCUT2D eigenvalue weighted by molar-refractivity contribution is 0.131. The molecular weight excluding hydrogens is 346 g/mol. The van der Waals surface area contributed by atoms with E-state index >= 15 is 0 Å². The molecule has 28 heavy (non-hydrogen) atoms. The monoisotopic (exact) mass is 399 g/mol. The number of nitrogens with two attached hydrogens (primary N) is 1. The summed E-state index contributed by atoms with van der Waals surface area (Å²) in [6.07, 6.45) is 22.7. The van der Waals surface area contributed by atoms with Crippen molar-refractivity contribution in [3.63, 3.8) is 0 Å². The van der Waals surface area contributed by atoms with Crippen molar-refractivity contribution in [3.8, 4) is 0 Å². The number of hydrogen-bond donors (Lipinski definition) is 3. The summed E-state index contributed by atoms with van der Waals surface area (Å²) in [5.41, 5.74) is 5.42. The van der Waals surface area contributed by atoms with E-state index in [1.807, 2.05) is 0 Å². The van der Waals surface area contributed by atoms with E-state index in [-0.39, 0.29) is 0 Å². The van der Waals surface area contributed by atoms with Crippen molar-refractivity contribution in [1.82, 2.24) is 10.6 Å². The van der Waals surface area contributed by atoms with E-state index in [2.05, 4.69) is 17.6 Å². The lowest BCUT2D eigenvalue weighted by atomic mass is 10.0. The minimum atomic E-state index is 0.711. The maximum Gasteiger partial charge on any atom is 0.0590 e. The first-order chi connectivity index (χ1) is 13.9. The molecule has 0 aromatic heterocycles. The van der Waals surface area contributed by atoms with Crippen LogP contribution < -0.4 is 16.4 Å². The van der Waals surface area contributed by atoms with E-state index in [9.17, 15) is 0 Å². The van der Waals surface area contributed by atoms with Crippen molar-refractivity contribution < 1.29 is 4.74 Å². The first-order valence-corrected chi connectivity index (χ1v) is 12.6. The number of ether oxygens (including phenoxy) is 1. The average Bonchev–Trinajstić information content (AvgIpc) is 2.71. The molecule has 0 bridgehead atoms. The van der Waals surface area contributed by atoms with E-state index < -0.39 is 0 Å². The van der Waals surface area contributed by atoms with Crippen LogP contribution >= 0.6 is 0 Å². The van der Waals surface area contributed by atoms with Crippen LogP contribution in [0.5, 0.6) is 0 Å². The smallest absolute Gasteiger partial charge is 0.0590 e. The van der Waals surface area contributed by atoms with Gasteiger partial charge in [-0.25, -0.2) is 0 Å². The fraction of sp³-hybridized carbons (Fsp3) is 1.00. The SMILES string of the molecule is CCCCCCCCCCCCCCCCCCOCCNCCNCCN. The molecule has 0 atom stereocenters. The highest BCUT2D eigenvalue weighted by atomic mass is 16.5. The molecule has 0 rings (SSSR count). The fourth-order valence-corrected chi connectivity index (χ4v) is 3.53. The van der Waals surface area contributed by atoms with Gasteiger partial charge in [0.15, 0.2) is 0 Å². The molecule has 4 nitrogen and oxygen atoms in total. The molecule has 0 amide bonds. The second kappa shape index (κ2) is 26.8. The van der Waals surface area contributed by atoms with E-state index in [1.165, 1.54) is 103 Å². The van der Waals surface area contributed by atoms with Crippen LogP contribution in [-0.4, -0.2) is 45.9 Å². The Bertz CT molecular complexity index is 238. The molecule has 0 saturated heterocycles. The van der Waals surface area contributed by atoms with Gasteiger partial charge in [-0.1, -0.05) is 103 Å². The molecule has 0 radical (unpaired) electrons. The summed E-state index contributed by atoms with van der Waals surface area (Å²) >= 11 is 0. The molecule has 0 saturated carbocycles. The van der Waals surface area contributed by atoms with Crippen molar-refractivity contribution in [2.45, 2.75) is 110 Å². The molecule has 4 N–H and O–H groups in total. The highest BCUT2D eigenvalue weighted by Gasteiger charge is 1.95. The van der Waals surface area contributed by atoms with E-state index in [0.717, 1.165) is 39.4 Å². The Kier molecular flexibility index (Phi) is 26.7. The zero-order valence-electron chi connectivity index (χ0n) is 19.2. The molecule has 0 heterocycles. The van der Waals surface area contributed by atoms with E-state index in [0.29, 0.717) is 6.54 Å². The van der Waals surface area contributed by atoms with Crippen LogP contribution in [0.25, 0.3) is 0 Å². The van der Waals surface area contributed by atoms with Crippen molar-refractivity contribution in [1.29, 1.82) is 0 Å². The third kappa shape index (κ3) is 25.8. The predicted molar refractivity (Wildman–Crippen MR) is 125 cm³/mol. The Hall–Kier alpha value is -0.160. The Morgan fingerprint density at radius 1 is 0.500 bits per heavy atom. The van der Waals surface area contributed by atoms with E-state index in [4.69, 9.17) is 10.5 Å². The summed E-state index contributed by atoms with van der Waals surface area (Å²) in [4.78, 5) is 0. The minimum Gasteiger partial charge on any atom is -0.380 e. The predicted octanol–water partition coefficient (Wildman–Crippen LogP) is 5.40. The average molecular weight is 400 g/mol. The van der Waals surface area contributed by atoms with Crippen molar-refractivity contribution >= 4 is 0 Å². The van der Waals surface area contributed by atoms with Gasteiger partial charge in [0.1, 0.15) is 0 Å². The summed E-state index contributed by atoms with van der Waals surface area (Å²) in [5.74, 6) is 0. The Morgan fingerprint density at radius 2 is 0.929 bits per heavy atom. The third-order valence-electron chi connectivity index (χ3n) is 5.37. The summed E-state index contributed by atoms with van der Waals surface area (Å²) in [6.45, 7) is 8.57. The lowest BCUT2D eigenvalue weighted by Gasteiger charge is -2.07. The Morgan fingerprint density at radius 3 is 1.39 bits per heavy atom. The molecule has 0 spiro atoms. The summed E-state index contributed by atoms with van der Waals surface area (Å²) in [5, 5.41) is 6.64. The topological polar surface area (TPSA) is 59.3 Å². The highest BCUT2D eigenvalue weighted by Crippen LogP contribution is 2.13. The highest BCUT2D eigenvalue weighted by molar-refractivity contribution is 4.52. The number of unbranched alkanes of at least 4 members (excludes halogenated alkanes) is 15. The first-order valence-electron chi connectivity index (χ1n) is 12.6. The quantitative estimate of drug-likeness (QED) is 0.180. The van der Waals surface area contributed by atoms with Gasteiger partial charge in [0, 0.05) is 39.3 Å². The molecule has 4 heteroatoms. The molecule has 0 aromatic rings. The van der Waals surface area contributed by atoms with Crippen LogP contribution in [0.4, 0.5) is 0 Å². The number of hydrogen-bond acceptors (Lipinski definition) is 4. The van der Waals surface area contributed by atoms with Gasteiger partial charge in [0.25, 0.3) is 0 Å². The summed E-state index contributed by atoms with van der Waals surface area (Å²) in [7, 11) is 0. The van der Waals surface area contributed by atoms with Crippen LogP contribution in [0.2, 0.25) is 0 Å². The van der Waals surface area contributed by atoms with Gasteiger partial charge in [-0.3, -0.25) is 0 Å². The fourth-order valence-electron chi connectivity index (χ4n) is 3.53. The largest absolute Gasteiger partial charge is 0.380 e. The second-order valence-corrected chi connectivity index (χ2v) is 8.20. The summed E-state index contributed by atoms with van der Waals surface area (Å²) < 4.78 is 5.68. The van der Waals surface area contributed by atoms with Gasteiger partial charge in [0.2, 0.25) is 0 Å². The van der Waals surface area contributed by atoms with Gasteiger partial charge in [-0.05, 0) is 6.42 Å². The molecule has 0 fully saturated rings. The molecule has 170 valence electrons. The van der Waals surface area contributed by atoms with Gasteiger partial charge >= 0.3 is 0 Å². The van der Waals surface area contributed by atoms with Crippen molar-refractivity contribution in [2.24, 2.45) is 5.73 Å². The van der Waals surface area contributed by atoms with Crippen molar-refractivity contribution in [3.05, 3.63) is 0 Å². The molecule has 0 aliphatic heterocycles. The van der Waals surface area contributed by atoms with Crippen molar-refractivity contribution in [2.75, 3.05) is 45.9 Å². The molecule has 0 aromatic carbocycles. The van der Waals surface area contributed by atoms with E-state index in [1.54, 1.807) is 0 Å². The van der Waals surface area contributed by atoms with Crippen LogP contribution in [0.15, 0.2) is 0 Å². The molecule has 0 aliphatic rings. The van der Waals surface area contributed by atoms with Gasteiger partial charge in [-0.2, -0.15) is 0 Å². The maximum atomic E-state index is 5.68. The Balaban J connectivity index is 2.96. The zero-order chi connectivity index (χ0) is 20.4. The molecular formula is C24H53N3O. The second-order valence-electron chi connectivity index (χ2n) is 8.20. The maximum absolute atomic E-state index is 5.68. The van der Waals surface area contributed by atoms with Crippen LogP contribution in [0.1, 0.15) is 110 Å². The normalized spacial score (nSPS) is 11.4. The lowest BCUT2D eigenvalue weighted by Crippen LogP contribution is -2.32.